The van der Waals surface area contributed by atoms with Gasteiger partial charge in [-0.1, -0.05) is 51.0 Å². The van der Waals surface area contributed by atoms with Gasteiger partial charge in [-0.3, -0.25) is 29.4 Å². The molecular formula is C54H56N4O6. The van der Waals surface area contributed by atoms with Crippen molar-refractivity contribution in [2.75, 3.05) is 40.4 Å². The first kappa shape index (κ1) is 40.9. The smallest absolute Gasteiger partial charge is 0.198 e. The van der Waals surface area contributed by atoms with Crippen LogP contribution < -0.4 is 18.9 Å². The van der Waals surface area contributed by atoms with Gasteiger partial charge in [-0.2, -0.15) is 0 Å². The average Bonchev–Trinajstić information content (AvgIpc) is 3.36. The molecule has 2 aromatic heterocycles. The number of piperidine rings is 6. The molecular weight excluding hydrogens is 801 g/mol. The van der Waals surface area contributed by atoms with E-state index in [4.69, 9.17) is 28.9 Å². The molecule has 0 spiro atoms. The molecule has 64 heavy (non-hydrogen) atoms. The summed E-state index contributed by atoms with van der Waals surface area (Å²) in [7, 11) is 3.35. The molecule has 8 heterocycles. The van der Waals surface area contributed by atoms with Gasteiger partial charge in [0.2, 0.25) is 0 Å². The minimum absolute atomic E-state index is 0.0377. The molecule has 4 aromatic carbocycles. The Bertz CT molecular complexity index is 2600. The molecule has 328 valence electrons. The summed E-state index contributed by atoms with van der Waals surface area (Å²) in [5.41, 5.74) is 4.87. The number of methoxy groups -OCH3 is 2. The van der Waals surface area contributed by atoms with Crippen molar-refractivity contribution in [2.24, 2.45) is 23.7 Å². The van der Waals surface area contributed by atoms with Crippen LogP contribution in [0.15, 0.2) is 97.3 Å². The van der Waals surface area contributed by atoms with E-state index in [1.807, 2.05) is 85.2 Å². The molecule has 7 aliphatic rings. The van der Waals surface area contributed by atoms with Crippen molar-refractivity contribution < 1.29 is 28.5 Å². The summed E-state index contributed by atoms with van der Waals surface area (Å²) in [5.74, 6) is 4.15. The number of ether oxygens (including phenoxy) is 4. The zero-order valence-corrected chi connectivity index (χ0v) is 37.2. The lowest BCUT2D eigenvalue weighted by molar-refractivity contribution is -0.0493. The Morgan fingerprint density at radius 3 is 1.45 bits per heavy atom. The van der Waals surface area contributed by atoms with Crippen molar-refractivity contribution in [3.63, 3.8) is 0 Å². The minimum atomic E-state index is -0.475. The fourth-order valence-electron chi connectivity index (χ4n) is 12.3. The second-order valence-electron chi connectivity index (χ2n) is 18.7. The molecule has 6 fully saturated rings. The summed E-state index contributed by atoms with van der Waals surface area (Å²) in [6.07, 6.45) is 9.30. The van der Waals surface area contributed by atoms with Crippen LogP contribution >= 0.6 is 0 Å². The zero-order chi connectivity index (χ0) is 43.6. The lowest BCUT2D eigenvalue weighted by Gasteiger charge is -2.52. The average molecular weight is 857 g/mol. The third-order valence-electron chi connectivity index (χ3n) is 15.7. The van der Waals surface area contributed by atoms with Crippen molar-refractivity contribution in [1.82, 2.24) is 19.8 Å². The Labute approximate surface area is 374 Å². The molecule has 10 heteroatoms. The van der Waals surface area contributed by atoms with E-state index in [0.717, 1.165) is 109 Å². The highest BCUT2D eigenvalue weighted by atomic mass is 16.5. The van der Waals surface area contributed by atoms with Crippen LogP contribution in [0.5, 0.6) is 23.0 Å². The van der Waals surface area contributed by atoms with E-state index in [0.29, 0.717) is 46.3 Å². The third kappa shape index (κ3) is 6.83. The van der Waals surface area contributed by atoms with Gasteiger partial charge in [0.1, 0.15) is 35.2 Å². The van der Waals surface area contributed by atoms with E-state index in [9.17, 15) is 0 Å². The van der Waals surface area contributed by atoms with Crippen LogP contribution in [0.4, 0.5) is 0 Å². The molecule has 6 aliphatic heterocycles. The van der Waals surface area contributed by atoms with Gasteiger partial charge in [0.25, 0.3) is 0 Å². The highest BCUT2D eigenvalue weighted by Crippen LogP contribution is 2.49. The largest absolute Gasteiger partial charge is 0.497 e. The highest BCUT2D eigenvalue weighted by Gasteiger charge is 2.47. The highest BCUT2D eigenvalue weighted by molar-refractivity contribution is 6.30. The fraction of sp³-hybridized carbons (Fsp3) is 0.407. The Kier molecular flexibility index (Phi) is 10.6. The van der Waals surface area contributed by atoms with Gasteiger partial charge in [-0.05, 0) is 123 Å². The SMILES string of the molecule is CC[C@@H]1CN2CC[C@H]1C[C@H]2[C@@H](Oc1ccc(O[C@@H](c2ccnc3ccc(OC)cc23)[C@H]2C[C@H]3CCN2C[C@@H]3CC)c2c1C(=O)c1ccccc1C2=O)c1ccnc2ccc(OC)cc12. The number of rotatable bonds is 12. The normalized spacial score (nSPS) is 26.6. The Morgan fingerprint density at radius 1 is 0.609 bits per heavy atom. The van der Waals surface area contributed by atoms with Crippen molar-refractivity contribution in [2.45, 2.75) is 76.7 Å². The van der Waals surface area contributed by atoms with Gasteiger partial charge in [0, 0.05) is 58.5 Å². The van der Waals surface area contributed by atoms with E-state index in [1.165, 1.54) is 0 Å². The molecule has 13 rings (SSSR count). The quantitative estimate of drug-likeness (QED) is 0.118. The summed E-state index contributed by atoms with van der Waals surface area (Å²) in [6, 6.07) is 27.0. The molecule has 6 aromatic rings. The summed E-state index contributed by atoms with van der Waals surface area (Å²) >= 11 is 0. The van der Waals surface area contributed by atoms with E-state index < -0.39 is 12.2 Å². The van der Waals surface area contributed by atoms with E-state index in [-0.39, 0.29) is 34.8 Å². The number of nitrogens with zero attached hydrogens (tertiary/aromatic N) is 4. The molecule has 2 unspecified atom stereocenters. The van der Waals surface area contributed by atoms with Crippen LogP contribution in [0, 0.1) is 23.7 Å². The number of carbonyl (C=O) groups is 2. The Hall–Kier alpha value is -5.84. The van der Waals surface area contributed by atoms with Crippen LogP contribution in [0.2, 0.25) is 0 Å². The molecule has 0 radical (unpaired) electrons. The maximum absolute atomic E-state index is 15.1. The van der Waals surface area contributed by atoms with Gasteiger partial charge in [-0.15, -0.1) is 0 Å². The van der Waals surface area contributed by atoms with Crippen molar-refractivity contribution >= 4 is 33.4 Å². The van der Waals surface area contributed by atoms with Gasteiger partial charge in [0.15, 0.2) is 11.6 Å². The number of ketones is 2. The first-order valence-electron chi connectivity index (χ1n) is 23.4. The number of hydrogen-bond donors (Lipinski definition) is 0. The summed E-state index contributed by atoms with van der Waals surface area (Å²) < 4.78 is 26.3. The summed E-state index contributed by atoms with van der Waals surface area (Å²) in [4.78, 5) is 45.0. The standard InChI is InChI=1S/C54H56N4O6/c1-5-31-29-57-23-19-33(31)25-45(57)53(39-17-21-55-43-13-11-35(61-3)27-41(39)43)63-47-15-16-48(50-49(47)51(59)37-9-7-8-10-38(37)52(50)60)64-54(46-26-34-20-24-58(46)30-32(34)6-2)40-18-22-56-44-14-12-36(62-4)28-42(40)44/h7-18,21-22,27-28,31-34,45-46,53-54H,5-6,19-20,23-26,29-30H2,1-4H3/t31-,32+,33+,34-,45+,46-,53-,54-/m0/s1. The van der Waals surface area contributed by atoms with Crippen LogP contribution in [0.25, 0.3) is 21.8 Å². The van der Waals surface area contributed by atoms with Crippen molar-refractivity contribution in [3.05, 3.63) is 131 Å². The molecule has 0 amide bonds. The number of hydrogen-bond acceptors (Lipinski definition) is 10. The van der Waals surface area contributed by atoms with Crippen molar-refractivity contribution in [3.8, 4) is 23.0 Å². The van der Waals surface area contributed by atoms with Gasteiger partial charge >= 0.3 is 0 Å². The van der Waals surface area contributed by atoms with Crippen molar-refractivity contribution in [1.29, 1.82) is 0 Å². The molecule has 1 aliphatic carbocycles. The zero-order valence-electron chi connectivity index (χ0n) is 37.2. The second kappa shape index (κ2) is 16.6. The third-order valence-corrected chi connectivity index (χ3v) is 15.7. The molecule has 4 bridgehead atoms. The monoisotopic (exact) mass is 856 g/mol. The van der Waals surface area contributed by atoms with Crippen LogP contribution in [-0.4, -0.2) is 83.8 Å². The van der Waals surface area contributed by atoms with Gasteiger partial charge in [0.05, 0.1) is 48.5 Å². The molecule has 10 atom stereocenters. The first-order chi connectivity index (χ1) is 31.3. The number of aromatic nitrogens is 2. The lowest BCUT2D eigenvalue weighted by atomic mass is 9.72. The molecule has 0 saturated carbocycles. The topological polar surface area (TPSA) is 103 Å². The van der Waals surface area contributed by atoms with Gasteiger partial charge in [-0.25, -0.2) is 0 Å². The fourth-order valence-corrected chi connectivity index (χ4v) is 12.3. The van der Waals surface area contributed by atoms with Crippen LogP contribution in [0.1, 0.15) is 108 Å². The first-order valence-corrected chi connectivity index (χ1v) is 23.4. The lowest BCUT2D eigenvalue weighted by Crippen LogP contribution is -2.56. The predicted octanol–water partition coefficient (Wildman–Crippen LogP) is 10.1. The second-order valence-corrected chi connectivity index (χ2v) is 18.7. The number of pyridine rings is 2. The molecule has 6 saturated heterocycles. The number of carbonyl (C=O) groups excluding carboxylic acids is 2. The van der Waals surface area contributed by atoms with Crippen LogP contribution in [0.3, 0.4) is 0 Å². The maximum atomic E-state index is 15.1. The maximum Gasteiger partial charge on any atom is 0.198 e. The Balaban J connectivity index is 1.07. The summed E-state index contributed by atoms with van der Waals surface area (Å²) in [6.45, 7) is 8.58. The van der Waals surface area contributed by atoms with E-state index >= 15 is 9.59 Å². The van der Waals surface area contributed by atoms with Gasteiger partial charge < -0.3 is 18.9 Å². The van der Waals surface area contributed by atoms with E-state index in [1.54, 1.807) is 26.4 Å². The Morgan fingerprint density at radius 2 is 1.06 bits per heavy atom. The molecule has 0 N–H and O–H groups in total. The van der Waals surface area contributed by atoms with E-state index in [2.05, 4.69) is 23.6 Å². The minimum Gasteiger partial charge on any atom is -0.497 e. The predicted molar refractivity (Wildman–Crippen MR) is 247 cm³/mol. The number of benzene rings is 4. The molecule has 10 nitrogen and oxygen atoms in total. The number of fused-ring (bicyclic) bond motifs is 10. The van der Waals surface area contributed by atoms with Crippen LogP contribution in [-0.2, 0) is 0 Å². The summed E-state index contributed by atoms with van der Waals surface area (Å²) in [5, 5.41) is 1.88.